The minimum atomic E-state index is -0.149. The van der Waals surface area contributed by atoms with E-state index in [2.05, 4.69) is 261 Å². The van der Waals surface area contributed by atoms with E-state index in [9.17, 15) is 0 Å². The third-order valence-electron chi connectivity index (χ3n) is 15.8. The maximum absolute atomic E-state index is 6.91. The minimum absolute atomic E-state index is 0.149. The van der Waals surface area contributed by atoms with Gasteiger partial charge in [-0.05, 0) is 115 Å². The maximum atomic E-state index is 6.91. The topological polar surface area (TPSA) is 13.1 Å². The molecule has 16 aromatic rings. The van der Waals surface area contributed by atoms with Crippen LogP contribution in [0.2, 0.25) is 0 Å². The molecular weight excluding hydrogens is 989 g/mol. The molecule has 1 nitrogen and oxygen atoms in total. The monoisotopic (exact) mass is 1030 g/mol. The van der Waals surface area contributed by atoms with Crippen LogP contribution in [0.1, 0.15) is 39.3 Å². The molecule has 0 spiro atoms. The Kier molecular flexibility index (Phi) is 10.3. The Balaban J connectivity index is 0.867. The Hall–Kier alpha value is -8.90. The molecule has 1 atom stereocenters. The summed E-state index contributed by atoms with van der Waals surface area (Å²) >= 11 is 5.66. The van der Waals surface area contributed by atoms with Gasteiger partial charge in [-0.2, -0.15) is 0 Å². The van der Waals surface area contributed by atoms with Gasteiger partial charge in [-0.25, -0.2) is 0 Å². The number of benzene rings is 12. The highest BCUT2D eigenvalue weighted by Gasteiger charge is 2.25. The number of para-hydroxylation sites is 2. The number of rotatable bonds is 8. The summed E-state index contributed by atoms with van der Waals surface area (Å²) in [5.74, 6) is -0.149. The molecule has 0 saturated heterocycles. The molecule has 77 heavy (non-hydrogen) atoms. The van der Waals surface area contributed by atoms with Gasteiger partial charge in [0.15, 0.2) is 0 Å². The van der Waals surface area contributed by atoms with Gasteiger partial charge < -0.3 is 4.42 Å². The summed E-state index contributed by atoms with van der Waals surface area (Å²) in [5, 5.41) is 12.7. The average Bonchev–Trinajstić information content (AvgIpc) is 4.28. The second kappa shape index (κ2) is 17.9. The second-order valence-corrected chi connectivity index (χ2v) is 23.4. The van der Waals surface area contributed by atoms with Gasteiger partial charge in [-0.3, -0.25) is 0 Å². The largest absolute Gasteiger partial charge is 0.456 e. The van der Waals surface area contributed by atoms with Crippen molar-refractivity contribution in [2.45, 2.75) is 5.92 Å². The van der Waals surface area contributed by atoms with Gasteiger partial charge in [-0.1, -0.05) is 212 Å². The van der Waals surface area contributed by atoms with Crippen molar-refractivity contribution in [1.29, 1.82) is 0 Å². The lowest BCUT2D eigenvalue weighted by atomic mass is 9.82. The molecule has 4 heteroatoms. The van der Waals surface area contributed by atoms with Crippen molar-refractivity contribution in [1.82, 2.24) is 0 Å². The van der Waals surface area contributed by atoms with Gasteiger partial charge in [-0.15, -0.1) is 34.0 Å². The lowest BCUT2D eigenvalue weighted by Gasteiger charge is -2.21. The predicted octanol–water partition coefficient (Wildman–Crippen LogP) is 21.9. The highest BCUT2D eigenvalue weighted by molar-refractivity contribution is 7.27. The third-order valence-corrected chi connectivity index (χ3v) is 19.4. The van der Waals surface area contributed by atoms with E-state index >= 15 is 0 Å². The van der Waals surface area contributed by atoms with E-state index in [0.29, 0.717) is 0 Å². The fourth-order valence-electron chi connectivity index (χ4n) is 12.1. The summed E-state index contributed by atoms with van der Waals surface area (Å²) in [6.07, 6.45) is 2.37. The lowest BCUT2D eigenvalue weighted by molar-refractivity contribution is 0.661. The van der Waals surface area contributed by atoms with Crippen LogP contribution in [0.5, 0.6) is 0 Å². The van der Waals surface area contributed by atoms with E-state index in [0.717, 1.165) is 38.6 Å². The Labute approximate surface area is 456 Å². The van der Waals surface area contributed by atoms with Crippen LogP contribution in [0.3, 0.4) is 0 Å². The molecule has 0 bridgehead atoms. The molecule has 0 fully saturated rings. The number of thiophene rings is 3. The highest BCUT2D eigenvalue weighted by atomic mass is 32.1. The fraction of sp³-hybridized carbons (Fsp3) is 0.0137. The smallest absolute Gasteiger partial charge is 0.139 e. The van der Waals surface area contributed by atoms with Crippen molar-refractivity contribution >= 4 is 139 Å². The van der Waals surface area contributed by atoms with E-state index in [-0.39, 0.29) is 5.92 Å². The van der Waals surface area contributed by atoms with Crippen molar-refractivity contribution in [2.75, 3.05) is 0 Å². The third kappa shape index (κ3) is 7.39. The first-order valence-electron chi connectivity index (χ1n) is 26.2. The van der Waals surface area contributed by atoms with E-state index in [1.807, 2.05) is 34.0 Å². The van der Waals surface area contributed by atoms with E-state index < -0.39 is 0 Å². The standard InChI is InChI=1S/C73H44OS3/c1-2-13-45(14-3-1)46-29-27-44(28-30-46)39-62(50-32-35-57-56-20-7-9-26-66(56)75-69(57)43-50)48-16-10-17-51(40-48)70(61-24-12-22-58-55-19-6-8-25-65(55)74-71(58)61)52-34-38-68-64(42-52)59-23-11-21-54(73(59)77-68)49-33-37-67-63(41-49)60-36-31-47-15-4-5-18-53(47)72(60)76-67/h1-43,70H. The zero-order valence-corrected chi connectivity index (χ0v) is 44.0. The van der Waals surface area contributed by atoms with Crippen molar-refractivity contribution in [3.05, 3.63) is 288 Å². The van der Waals surface area contributed by atoms with Crippen molar-refractivity contribution < 1.29 is 4.42 Å². The van der Waals surface area contributed by atoms with Crippen LogP contribution < -0.4 is 0 Å². The summed E-state index contributed by atoms with van der Waals surface area (Å²) in [7, 11) is 0. The molecular formula is C73H44OS3. The van der Waals surface area contributed by atoms with Gasteiger partial charge in [0.05, 0.1) is 0 Å². The highest BCUT2D eigenvalue weighted by Crippen LogP contribution is 2.47. The molecule has 4 aromatic heterocycles. The van der Waals surface area contributed by atoms with Crippen molar-refractivity contribution in [3.63, 3.8) is 0 Å². The van der Waals surface area contributed by atoms with Gasteiger partial charge in [0.2, 0.25) is 0 Å². The Morgan fingerprint density at radius 1 is 0.351 bits per heavy atom. The number of furan rings is 1. The first kappa shape index (κ1) is 44.4. The molecule has 0 saturated carbocycles. The summed E-state index contributed by atoms with van der Waals surface area (Å²) in [4.78, 5) is 0. The zero-order chi connectivity index (χ0) is 50.6. The average molecular weight is 1030 g/mol. The normalized spacial score (nSPS) is 12.7. The van der Waals surface area contributed by atoms with Crippen LogP contribution in [-0.2, 0) is 0 Å². The Bertz CT molecular complexity index is 5040. The quantitative estimate of drug-likeness (QED) is 0.109. The van der Waals surface area contributed by atoms with Crippen LogP contribution in [0.4, 0.5) is 0 Å². The SMILES string of the molecule is C(=C(c1cccc(C(c2ccc3sc4c(-c5ccc6sc7c8ccccc8ccc7c6c5)cccc4c3c2)c2cccc3c2oc2ccccc23)c1)c1ccc2c(c1)sc1ccccc12)c1ccc(-c2ccccc2)cc1. The number of fused-ring (bicyclic) bond motifs is 14. The Morgan fingerprint density at radius 3 is 1.90 bits per heavy atom. The van der Waals surface area contributed by atoms with Crippen LogP contribution in [0.15, 0.2) is 259 Å². The second-order valence-electron chi connectivity index (χ2n) is 20.3. The van der Waals surface area contributed by atoms with Gasteiger partial charge >= 0.3 is 0 Å². The maximum Gasteiger partial charge on any atom is 0.139 e. The summed E-state index contributed by atoms with van der Waals surface area (Å²) < 4.78 is 14.8. The number of hydrogen-bond donors (Lipinski definition) is 0. The molecule has 0 aliphatic rings. The molecule has 0 N–H and O–H groups in total. The molecule has 12 aromatic carbocycles. The molecule has 360 valence electrons. The first-order chi connectivity index (χ1) is 38.1. The van der Waals surface area contributed by atoms with Crippen LogP contribution in [0, 0.1) is 0 Å². The molecule has 16 rings (SSSR count). The van der Waals surface area contributed by atoms with Crippen LogP contribution in [-0.4, -0.2) is 0 Å². The lowest BCUT2D eigenvalue weighted by Crippen LogP contribution is -2.05. The van der Waals surface area contributed by atoms with Crippen LogP contribution >= 0.6 is 34.0 Å². The van der Waals surface area contributed by atoms with Crippen molar-refractivity contribution in [2.24, 2.45) is 0 Å². The molecule has 0 amide bonds. The fourth-order valence-corrected chi connectivity index (χ4v) is 15.7. The molecule has 0 radical (unpaired) electrons. The van der Waals surface area contributed by atoms with Gasteiger partial charge in [0, 0.05) is 82.8 Å². The van der Waals surface area contributed by atoms with Crippen molar-refractivity contribution in [3.8, 4) is 22.3 Å². The van der Waals surface area contributed by atoms with Gasteiger partial charge in [0.1, 0.15) is 11.2 Å². The summed E-state index contributed by atoms with van der Waals surface area (Å²) in [5.41, 5.74) is 15.0. The molecule has 0 aliphatic carbocycles. The molecule has 1 unspecified atom stereocenters. The summed E-state index contributed by atoms with van der Waals surface area (Å²) in [6.45, 7) is 0. The van der Waals surface area contributed by atoms with E-state index in [4.69, 9.17) is 4.42 Å². The minimum Gasteiger partial charge on any atom is -0.456 e. The molecule has 0 aliphatic heterocycles. The predicted molar refractivity (Wildman–Crippen MR) is 334 cm³/mol. The number of hydrogen-bond acceptors (Lipinski definition) is 4. The van der Waals surface area contributed by atoms with E-state index in [1.54, 1.807) is 0 Å². The van der Waals surface area contributed by atoms with Crippen LogP contribution in [0.25, 0.3) is 127 Å². The zero-order valence-electron chi connectivity index (χ0n) is 41.5. The van der Waals surface area contributed by atoms with E-state index in [1.165, 1.54) is 116 Å². The molecule has 4 heterocycles. The first-order valence-corrected chi connectivity index (χ1v) is 28.7. The van der Waals surface area contributed by atoms with Gasteiger partial charge in [0.25, 0.3) is 0 Å². The summed E-state index contributed by atoms with van der Waals surface area (Å²) in [6, 6.07) is 94.4. The Morgan fingerprint density at radius 2 is 0.987 bits per heavy atom.